The molecule has 0 spiro atoms. The third kappa shape index (κ3) is 5.45. The van der Waals surface area contributed by atoms with E-state index >= 15 is 0 Å². The zero-order valence-corrected chi connectivity index (χ0v) is 19.8. The average Bonchev–Trinajstić information content (AvgIpc) is 3.23. The van der Waals surface area contributed by atoms with Crippen molar-refractivity contribution < 1.29 is 9.53 Å². The van der Waals surface area contributed by atoms with E-state index in [4.69, 9.17) is 4.74 Å². The number of hydrogen-bond donors (Lipinski definition) is 1. The first-order valence-corrected chi connectivity index (χ1v) is 11.2. The molecule has 0 aliphatic carbocycles. The van der Waals surface area contributed by atoms with E-state index in [1.54, 1.807) is 12.5 Å². The minimum absolute atomic E-state index is 0.203. The van der Waals surface area contributed by atoms with E-state index in [1.165, 1.54) is 0 Å². The Hall–Kier alpha value is -3.37. The molecule has 0 fully saturated rings. The van der Waals surface area contributed by atoms with Gasteiger partial charge in [-0.2, -0.15) is 0 Å². The zero-order valence-electron chi connectivity index (χ0n) is 17.9. The number of pyridine rings is 1. The molecule has 7 heteroatoms. The van der Waals surface area contributed by atoms with Gasteiger partial charge in [-0.25, -0.2) is 0 Å². The van der Waals surface area contributed by atoms with Crippen molar-refractivity contribution in [3.05, 3.63) is 101 Å². The van der Waals surface area contributed by atoms with Gasteiger partial charge >= 0.3 is 125 Å². The van der Waals surface area contributed by atoms with Crippen LogP contribution in [-0.4, -0.2) is 37.3 Å². The van der Waals surface area contributed by atoms with E-state index in [0.717, 1.165) is 38.4 Å². The number of nitrogens with one attached hydrogen (secondary N) is 1. The van der Waals surface area contributed by atoms with Gasteiger partial charge in [-0.3, -0.25) is 0 Å². The summed E-state index contributed by atoms with van der Waals surface area (Å²) in [6.07, 6.45) is 3.43. The van der Waals surface area contributed by atoms with E-state index in [2.05, 4.69) is 32.1 Å². The molecule has 0 aliphatic heterocycles. The summed E-state index contributed by atoms with van der Waals surface area (Å²) < 4.78 is 8.64. The second-order valence-electron chi connectivity index (χ2n) is 7.53. The molecule has 0 aliphatic rings. The quantitative estimate of drug-likeness (QED) is 0.407. The Morgan fingerprint density at radius 1 is 1.06 bits per heavy atom. The number of benzene rings is 2. The molecule has 0 unspecified atom stereocenters. The van der Waals surface area contributed by atoms with Crippen LogP contribution in [0.15, 0.2) is 73.2 Å². The standard InChI is InChI=1S/C25H23AsN4O2/c1-17-12-24(26)29-18(2)22(17)13-27-25(31)23-15-30(16-28-23)14-19-8-10-21(11-9-19)32-20-6-4-3-5-7-20/h3-12,15-16H,13-14H2,1-2H3,(H,27,31). The summed E-state index contributed by atoms with van der Waals surface area (Å²) in [6.45, 7) is 5.02. The van der Waals surface area contributed by atoms with Gasteiger partial charge in [-0.05, 0) is 24.3 Å². The van der Waals surface area contributed by atoms with Crippen LogP contribution in [0.25, 0.3) is 0 Å². The molecule has 1 N–H and O–H groups in total. The number of rotatable bonds is 7. The Kier molecular flexibility index (Phi) is 6.71. The van der Waals surface area contributed by atoms with Crippen LogP contribution < -0.4 is 14.5 Å². The average molecular weight is 486 g/mol. The molecule has 32 heavy (non-hydrogen) atoms. The Morgan fingerprint density at radius 3 is 2.50 bits per heavy atom. The molecule has 2 heterocycles. The number of hydrogen-bond acceptors (Lipinski definition) is 4. The van der Waals surface area contributed by atoms with E-state index in [1.807, 2.05) is 79.1 Å². The Morgan fingerprint density at radius 2 is 1.78 bits per heavy atom. The minimum atomic E-state index is -0.203. The Balaban J connectivity index is 1.35. The zero-order chi connectivity index (χ0) is 22.5. The van der Waals surface area contributed by atoms with Crippen LogP contribution in [0.5, 0.6) is 11.5 Å². The molecule has 2 aromatic heterocycles. The molecule has 4 rings (SSSR count). The second kappa shape index (κ2) is 9.84. The van der Waals surface area contributed by atoms with Crippen molar-refractivity contribution in [3.63, 3.8) is 0 Å². The van der Waals surface area contributed by atoms with E-state index in [0.29, 0.717) is 18.8 Å². The number of ether oxygens (including phenoxy) is 1. The SMILES string of the molecule is Cc1cc([As])nc(C)c1CNC(=O)c1cn(Cc2ccc(Oc3ccccc3)cc2)cn1. The molecule has 4 aromatic rings. The van der Waals surface area contributed by atoms with Gasteiger partial charge in [0, 0.05) is 0 Å². The molecule has 2 aromatic carbocycles. The number of para-hydroxylation sites is 1. The maximum atomic E-state index is 12.6. The van der Waals surface area contributed by atoms with Crippen molar-refractivity contribution in [3.8, 4) is 11.5 Å². The predicted molar refractivity (Wildman–Crippen MR) is 125 cm³/mol. The Bertz CT molecular complexity index is 1200. The molecule has 0 bridgehead atoms. The van der Waals surface area contributed by atoms with Gasteiger partial charge in [-0.1, -0.05) is 30.3 Å². The van der Waals surface area contributed by atoms with Crippen LogP contribution in [0.3, 0.4) is 0 Å². The van der Waals surface area contributed by atoms with Gasteiger partial charge < -0.3 is 4.74 Å². The maximum absolute atomic E-state index is 12.6. The first-order chi connectivity index (χ1) is 15.5. The van der Waals surface area contributed by atoms with Crippen molar-refractivity contribution in [2.75, 3.05) is 0 Å². The van der Waals surface area contributed by atoms with Crippen molar-refractivity contribution >= 4 is 27.2 Å². The van der Waals surface area contributed by atoms with Gasteiger partial charge in [0.2, 0.25) is 0 Å². The first kappa shape index (κ1) is 21.8. The number of imidazole rings is 1. The van der Waals surface area contributed by atoms with Crippen molar-refractivity contribution in [1.82, 2.24) is 19.9 Å². The number of aryl methyl sites for hydroxylation is 2. The Labute approximate surface area is 196 Å². The van der Waals surface area contributed by atoms with Crippen LogP contribution >= 0.6 is 0 Å². The third-order valence-corrected chi connectivity index (χ3v) is 5.58. The fourth-order valence-corrected chi connectivity index (χ4v) is 4.15. The fourth-order valence-electron chi connectivity index (χ4n) is 3.43. The monoisotopic (exact) mass is 486 g/mol. The van der Waals surface area contributed by atoms with Crippen LogP contribution in [0.2, 0.25) is 0 Å². The molecule has 0 saturated carbocycles. The van der Waals surface area contributed by atoms with E-state index in [9.17, 15) is 4.79 Å². The van der Waals surface area contributed by atoms with Gasteiger partial charge in [0.05, 0.1) is 0 Å². The summed E-state index contributed by atoms with van der Waals surface area (Å²) in [6, 6.07) is 19.6. The number of nitrogens with zero attached hydrogens (tertiary/aromatic N) is 3. The van der Waals surface area contributed by atoms with Crippen molar-refractivity contribution in [2.24, 2.45) is 0 Å². The van der Waals surface area contributed by atoms with Crippen LogP contribution in [0.4, 0.5) is 0 Å². The molecular formula is C25H23AsN4O2. The molecule has 0 saturated heterocycles. The number of carbonyl (C=O) groups excluding carboxylic acids is 1. The van der Waals surface area contributed by atoms with Gasteiger partial charge in [0.1, 0.15) is 11.5 Å². The number of aromatic nitrogens is 3. The van der Waals surface area contributed by atoms with Crippen molar-refractivity contribution in [2.45, 2.75) is 26.9 Å². The molecule has 160 valence electrons. The number of carbonyl (C=O) groups is 1. The van der Waals surface area contributed by atoms with Crippen LogP contribution in [0.1, 0.15) is 32.9 Å². The summed E-state index contributed by atoms with van der Waals surface area (Å²) in [7, 11) is 0. The predicted octanol–water partition coefficient (Wildman–Crippen LogP) is 3.46. The summed E-state index contributed by atoms with van der Waals surface area (Å²) >= 11 is 2.45. The normalized spacial score (nSPS) is 10.7. The topological polar surface area (TPSA) is 69.0 Å². The van der Waals surface area contributed by atoms with E-state index in [-0.39, 0.29) is 5.91 Å². The van der Waals surface area contributed by atoms with Crippen LogP contribution in [-0.2, 0) is 13.1 Å². The molecule has 0 atom stereocenters. The van der Waals surface area contributed by atoms with Crippen LogP contribution in [0, 0.1) is 13.8 Å². The second-order valence-corrected chi connectivity index (χ2v) is 8.50. The fraction of sp³-hybridized carbons (Fsp3) is 0.160. The molecule has 6 nitrogen and oxygen atoms in total. The van der Waals surface area contributed by atoms with Gasteiger partial charge in [-0.15, -0.1) is 0 Å². The molecule has 1 amide bonds. The summed E-state index contributed by atoms with van der Waals surface area (Å²) in [4.78, 5) is 21.3. The first-order valence-electron chi connectivity index (χ1n) is 10.3. The van der Waals surface area contributed by atoms with Gasteiger partial charge in [0.25, 0.3) is 0 Å². The van der Waals surface area contributed by atoms with E-state index < -0.39 is 0 Å². The summed E-state index contributed by atoms with van der Waals surface area (Å²) in [5.74, 6) is 1.38. The van der Waals surface area contributed by atoms with Gasteiger partial charge in [0.15, 0.2) is 0 Å². The third-order valence-electron chi connectivity index (χ3n) is 5.10. The number of amides is 1. The summed E-state index contributed by atoms with van der Waals surface area (Å²) in [5, 5.41) is 2.95. The van der Waals surface area contributed by atoms with Crippen molar-refractivity contribution in [1.29, 1.82) is 0 Å². The molecular weight excluding hydrogens is 463 g/mol. The summed E-state index contributed by atoms with van der Waals surface area (Å²) in [5.41, 5.74) is 4.54. The molecule has 2 radical (unpaired) electrons.